The molecule has 0 radical (unpaired) electrons. The van der Waals surface area contributed by atoms with Crippen molar-refractivity contribution in [3.63, 3.8) is 0 Å². The van der Waals surface area contributed by atoms with Gasteiger partial charge in [-0.3, -0.25) is 24.3 Å². The van der Waals surface area contributed by atoms with E-state index in [0.29, 0.717) is 42.2 Å². The molecule has 1 N–H and O–H groups in total. The van der Waals surface area contributed by atoms with E-state index in [4.69, 9.17) is 20.9 Å². The summed E-state index contributed by atoms with van der Waals surface area (Å²) in [5.41, 5.74) is 1.67. The van der Waals surface area contributed by atoms with Crippen LogP contribution in [0.2, 0.25) is 5.02 Å². The number of hydrogen-bond acceptors (Lipinski definition) is 8. The van der Waals surface area contributed by atoms with Crippen molar-refractivity contribution in [3.8, 4) is 0 Å². The van der Waals surface area contributed by atoms with Crippen molar-refractivity contribution >= 4 is 58.0 Å². The zero-order chi connectivity index (χ0) is 24.9. The fourth-order valence-electron chi connectivity index (χ4n) is 3.64. The van der Waals surface area contributed by atoms with Gasteiger partial charge in [0.1, 0.15) is 5.70 Å². The van der Waals surface area contributed by atoms with Gasteiger partial charge in [-0.2, -0.15) is 0 Å². The molecule has 1 fully saturated rings. The molecule has 0 aliphatic carbocycles. The van der Waals surface area contributed by atoms with Gasteiger partial charge in [-0.05, 0) is 35.9 Å². The van der Waals surface area contributed by atoms with E-state index in [0.717, 1.165) is 17.3 Å². The smallest absolute Gasteiger partial charge is 0.305 e. The monoisotopic (exact) mass is 525 g/mol. The van der Waals surface area contributed by atoms with Crippen LogP contribution in [0.3, 0.4) is 0 Å². The van der Waals surface area contributed by atoms with Gasteiger partial charge in [0.25, 0.3) is 12.1 Å². The Hall–Kier alpha value is -3.67. The second kappa shape index (κ2) is 10.9. The van der Waals surface area contributed by atoms with E-state index in [-0.39, 0.29) is 29.1 Å². The van der Waals surface area contributed by atoms with Crippen LogP contribution in [0, 0.1) is 0 Å². The number of aromatic nitrogens is 2. The van der Waals surface area contributed by atoms with E-state index in [2.05, 4.69) is 15.6 Å². The van der Waals surface area contributed by atoms with Crippen molar-refractivity contribution in [3.05, 3.63) is 77.1 Å². The minimum absolute atomic E-state index is 0.0120. The number of carbonyl (C=O) groups is 2. The summed E-state index contributed by atoms with van der Waals surface area (Å²) in [5.74, 6) is -0.373. The van der Waals surface area contributed by atoms with Gasteiger partial charge in [-0.15, -0.1) is 5.01 Å². The van der Waals surface area contributed by atoms with E-state index in [1.807, 2.05) is 41.4 Å². The highest BCUT2D eigenvalue weighted by Gasteiger charge is 2.32. The third kappa shape index (κ3) is 5.59. The van der Waals surface area contributed by atoms with Gasteiger partial charge in [-0.25, -0.2) is 4.99 Å². The summed E-state index contributed by atoms with van der Waals surface area (Å²) in [6.45, 7) is 2.55. The third-order valence-corrected chi connectivity index (χ3v) is 6.50. The largest absolute Gasteiger partial charge is 0.377 e. The predicted octanol–water partition coefficient (Wildman–Crippen LogP) is 2.70. The highest BCUT2D eigenvalue weighted by Crippen LogP contribution is 2.29. The molecule has 12 heteroatoms. The quantitative estimate of drug-likeness (QED) is 0.390. The molecular formula is C24H22ClN6O4S+. The van der Waals surface area contributed by atoms with Gasteiger partial charge in [-0.1, -0.05) is 53.7 Å². The maximum atomic E-state index is 13.3. The first-order valence-electron chi connectivity index (χ1n) is 11.2. The molecule has 3 aromatic rings. The number of nitrogens with zero attached hydrogens (tertiary/aromatic N) is 5. The summed E-state index contributed by atoms with van der Waals surface area (Å²) in [7, 11) is 0. The average Bonchev–Trinajstić information content (AvgIpc) is 3.48. The molecule has 3 heterocycles. The first kappa shape index (κ1) is 24.0. The molecule has 0 unspecified atom stereocenters. The number of morpholine rings is 1. The van der Waals surface area contributed by atoms with Crippen molar-refractivity contribution in [2.75, 3.05) is 47.3 Å². The summed E-state index contributed by atoms with van der Waals surface area (Å²) in [6, 6.07) is 16.3. The number of carbonyl (C=O) groups excluding carboxylic acids is 2. The number of halogens is 1. The zero-order valence-electron chi connectivity index (χ0n) is 19.0. The molecule has 0 spiro atoms. The van der Waals surface area contributed by atoms with Crippen molar-refractivity contribution in [1.82, 2.24) is 5.27 Å². The molecule has 2 amide bonds. The molecule has 0 atom stereocenters. The van der Waals surface area contributed by atoms with Crippen LogP contribution >= 0.6 is 23.4 Å². The van der Waals surface area contributed by atoms with E-state index in [1.54, 1.807) is 35.3 Å². The van der Waals surface area contributed by atoms with Crippen LogP contribution < -0.4 is 20.0 Å². The van der Waals surface area contributed by atoms with E-state index in [9.17, 15) is 9.59 Å². The van der Waals surface area contributed by atoms with E-state index < -0.39 is 0 Å². The SMILES string of the molecule is O=C(CSC1=N/C(=C/c2cccc(Cl)c2)C(=O)N1c1ccccc1)Nc1c[n+](N2CCOCC2)no1. The summed E-state index contributed by atoms with van der Waals surface area (Å²) in [5, 5.41) is 9.55. The van der Waals surface area contributed by atoms with Gasteiger partial charge in [0.15, 0.2) is 5.17 Å². The van der Waals surface area contributed by atoms with Crippen LogP contribution in [0.1, 0.15) is 5.56 Å². The second-order valence-corrected chi connectivity index (χ2v) is 9.22. The Kier molecular flexibility index (Phi) is 7.31. The average molecular weight is 526 g/mol. The Bertz CT molecular complexity index is 1320. The Balaban J connectivity index is 1.29. The number of amidine groups is 1. The molecule has 0 saturated carbocycles. The summed E-state index contributed by atoms with van der Waals surface area (Å²) in [4.78, 5) is 33.5. The van der Waals surface area contributed by atoms with Crippen molar-refractivity contribution in [2.24, 2.45) is 4.99 Å². The fraction of sp³-hybridized carbons (Fsp3) is 0.208. The maximum absolute atomic E-state index is 13.3. The topological polar surface area (TPSA) is 104 Å². The van der Waals surface area contributed by atoms with E-state index in [1.165, 1.54) is 4.90 Å². The van der Waals surface area contributed by atoms with Crippen LogP contribution in [0.5, 0.6) is 0 Å². The van der Waals surface area contributed by atoms with Crippen molar-refractivity contribution in [1.29, 1.82) is 0 Å². The minimum atomic E-state index is -0.319. The highest BCUT2D eigenvalue weighted by atomic mass is 35.5. The molecule has 1 aromatic heterocycles. The fourth-order valence-corrected chi connectivity index (χ4v) is 4.65. The van der Waals surface area contributed by atoms with Crippen LogP contribution in [0.4, 0.5) is 11.6 Å². The van der Waals surface area contributed by atoms with Gasteiger partial charge < -0.3 is 4.74 Å². The standard InChI is InChI=1S/C24H21ClN6O4S/c25-18-6-4-5-17(13-18)14-20-23(33)31(19-7-2-1-3-8-19)24(26-20)36-16-21(32)27-22-15-30(28-35-22)29-9-11-34-12-10-29/h1-8,13-15H,9-12,16H2/p+1/b20-14+. The Labute approximate surface area is 216 Å². The number of ether oxygens (including phenoxy) is 1. The molecule has 0 bridgehead atoms. The molecule has 2 aliphatic heterocycles. The molecule has 10 nitrogen and oxygen atoms in total. The van der Waals surface area contributed by atoms with Gasteiger partial charge in [0.2, 0.25) is 11.2 Å². The van der Waals surface area contributed by atoms with Crippen LogP contribution in [0.15, 0.2) is 76.0 Å². The summed E-state index contributed by atoms with van der Waals surface area (Å²) >= 11 is 7.24. The lowest BCUT2D eigenvalue weighted by atomic mass is 10.2. The molecular weight excluding hydrogens is 504 g/mol. The number of hydrogen-bond donors (Lipinski definition) is 1. The molecule has 2 aliphatic rings. The number of anilines is 2. The lowest BCUT2D eigenvalue weighted by molar-refractivity contribution is -0.759. The molecule has 2 aromatic carbocycles. The number of rotatable bonds is 6. The number of aliphatic imine (C=N–C) groups is 1. The first-order valence-corrected chi connectivity index (χ1v) is 12.5. The molecule has 1 saturated heterocycles. The van der Waals surface area contributed by atoms with Crippen LogP contribution in [0.25, 0.3) is 6.08 Å². The number of amides is 2. The van der Waals surface area contributed by atoms with Crippen molar-refractivity contribution in [2.45, 2.75) is 0 Å². The minimum Gasteiger partial charge on any atom is -0.377 e. The normalized spacial score (nSPS) is 17.0. The second-order valence-electron chi connectivity index (χ2n) is 7.84. The lowest BCUT2D eigenvalue weighted by Gasteiger charge is -2.18. The lowest BCUT2D eigenvalue weighted by Crippen LogP contribution is -2.62. The summed E-state index contributed by atoms with van der Waals surface area (Å²) in [6.07, 6.45) is 3.28. The molecule has 5 rings (SSSR count). The predicted molar refractivity (Wildman–Crippen MR) is 137 cm³/mol. The van der Waals surface area contributed by atoms with Crippen LogP contribution in [-0.2, 0) is 14.3 Å². The highest BCUT2D eigenvalue weighted by molar-refractivity contribution is 8.14. The van der Waals surface area contributed by atoms with Gasteiger partial charge in [0.05, 0.1) is 42.5 Å². The van der Waals surface area contributed by atoms with Gasteiger partial charge in [0, 0.05) is 5.02 Å². The third-order valence-electron chi connectivity index (χ3n) is 5.32. The number of nitrogens with one attached hydrogen (secondary N) is 1. The number of thioether (sulfide) groups is 1. The first-order chi connectivity index (χ1) is 17.6. The molecule has 36 heavy (non-hydrogen) atoms. The molecule has 184 valence electrons. The maximum Gasteiger partial charge on any atom is 0.305 e. The number of benzene rings is 2. The van der Waals surface area contributed by atoms with Crippen LogP contribution in [-0.4, -0.2) is 54.3 Å². The Morgan fingerprint density at radius 2 is 1.97 bits per heavy atom. The van der Waals surface area contributed by atoms with Crippen molar-refractivity contribution < 1.29 is 23.6 Å². The Morgan fingerprint density at radius 3 is 2.75 bits per heavy atom. The number of para-hydroxylation sites is 1. The zero-order valence-corrected chi connectivity index (χ0v) is 20.6. The van der Waals surface area contributed by atoms with Gasteiger partial charge >= 0.3 is 5.88 Å². The Morgan fingerprint density at radius 1 is 1.17 bits per heavy atom. The summed E-state index contributed by atoms with van der Waals surface area (Å²) < 4.78 is 10.6. The van der Waals surface area contributed by atoms with E-state index >= 15 is 0 Å².